The number of aromatic nitrogens is 2. The third-order valence-corrected chi connectivity index (χ3v) is 7.49. The molecule has 0 saturated carbocycles. The van der Waals surface area contributed by atoms with Crippen LogP contribution in [0.15, 0.2) is 124 Å². The fraction of sp³-hybridized carbons (Fsp3) is 0. The molecule has 5 nitrogen and oxygen atoms in total. The molecular formula is C34H20ClN3O2. The molecule has 8 aromatic rings. The fourth-order valence-electron chi connectivity index (χ4n) is 5.27. The van der Waals surface area contributed by atoms with Gasteiger partial charge in [0.1, 0.15) is 28.0 Å². The van der Waals surface area contributed by atoms with Crippen LogP contribution in [0.25, 0.3) is 66.7 Å². The van der Waals surface area contributed by atoms with E-state index in [0.29, 0.717) is 22.1 Å². The summed E-state index contributed by atoms with van der Waals surface area (Å²) in [6.07, 6.45) is 0. The Labute approximate surface area is 233 Å². The van der Waals surface area contributed by atoms with Gasteiger partial charge in [0.2, 0.25) is 0 Å². The second-order valence-corrected chi connectivity index (χ2v) is 10.0. The number of rotatable bonds is 4. The van der Waals surface area contributed by atoms with E-state index in [0.717, 1.165) is 60.9 Å². The molecule has 0 radical (unpaired) electrons. The van der Waals surface area contributed by atoms with Crippen molar-refractivity contribution >= 4 is 67.0 Å². The van der Waals surface area contributed by atoms with Gasteiger partial charge < -0.3 is 14.2 Å². The first-order chi connectivity index (χ1) is 19.7. The normalized spacial score (nSPS) is 11.6. The predicted molar refractivity (Wildman–Crippen MR) is 162 cm³/mol. The van der Waals surface area contributed by atoms with E-state index >= 15 is 0 Å². The van der Waals surface area contributed by atoms with Crippen LogP contribution in [-0.2, 0) is 0 Å². The average molecular weight is 538 g/mol. The van der Waals surface area contributed by atoms with Crippen molar-refractivity contribution in [3.63, 3.8) is 0 Å². The van der Waals surface area contributed by atoms with Gasteiger partial charge in [-0.25, -0.2) is 9.97 Å². The van der Waals surface area contributed by atoms with Gasteiger partial charge >= 0.3 is 0 Å². The van der Waals surface area contributed by atoms with Gasteiger partial charge in [-0.15, -0.1) is 0 Å². The molecule has 0 saturated heterocycles. The Morgan fingerprint density at radius 3 is 2.25 bits per heavy atom. The number of furan rings is 2. The minimum atomic E-state index is 0.609. The summed E-state index contributed by atoms with van der Waals surface area (Å²) in [6.45, 7) is 0. The molecule has 0 fully saturated rings. The second-order valence-electron chi connectivity index (χ2n) is 9.64. The third-order valence-electron chi connectivity index (χ3n) is 7.16. The van der Waals surface area contributed by atoms with Crippen LogP contribution in [0.5, 0.6) is 0 Å². The number of hydrogen-bond acceptors (Lipinski definition) is 5. The highest BCUT2D eigenvalue weighted by atomic mass is 35.5. The monoisotopic (exact) mass is 537 g/mol. The molecule has 6 heteroatoms. The maximum atomic E-state index is 6.46. The van der Waals surface area contributed by atoms with Gasteiger partial charge in [0.15, 0.2) is 11.4 Å². The quantitative estimate of drug-likeness (QED) is 0.242. The van der Waals surface area contributed by atoms with Crippen molar-refractivity contribution < 1.29 is 8.83 Å². The molecule has 0 unspecified atom stereocenters. The van der Waals surface area contributed by atoms with Gasteiger partial charge in [-0.2, -0.15) is 0 Å². The number of para-hydroxylation sites is 3. The second kappa shape index (κ2) is 8.97. The SMILES string of the molecule is Clc1ccccc1Nc1ccc2oc3c(-c4cccc5c4oc4ccccc45)nc(-c4ccccc4)nc3c2c1. The lowest BCUT2D eigenvalue weighted by atomic mass is 10.0. The summed E-state index contributed by atoms with van der Waals surface area (Å²) in [7, 11) is 0. The van der Waals surface area contributed by atoms with Crippen molar-refractivity contribution in [1.82, 2.24) is 9.97 Å². The van der Waals surface area contributed by atoms with Crippen molar-refractivity contribution in [2.24, 2.45) is 0 Å². The zero-order valence-electron chi connectivity index (χ0n) is 21.1. The lowest BCUT2D eigenvalue weighted by Gasteiger charge is -2.08. The van der Waals surface area contributed by atoms with Crippen molar-refractivity contribution in [1.29, 1.82) is 0 Å². The van der Waals surface area contributed by atoms with Crippen molar-refractivity contribution in [2.45, 2.75) is 0 Å². The van der Waals surface area contributed by atoms with Crippen LogP contribution in [0.1, 0.15) is 0 Å². The minimum absolute atomic E-state index is 0.609. The van der Waals surface area contributed by atoms with Crippen LogP contribution in [0.2, 0.25) is 5.02 Å². The molecule has 0 aliphatic heterocycles. The molecule has 1 N–H and O–H groups in total. The van der Waals surface area contributed by atoms with E-state index in [2.05, 4.69) is 17.4 Å². The van der Waals surface area contributed by atoms with Gasteiger partial charge in [0.05, 0.1) is 10.7 Å². The van der Waals surface area contributed by atoms with Crippen LogP contribution in [0, 0.1) is 0 Å². The molecular weight excluding hydrogens is 518 g/mol. The summed E-state index contributed by atoms with van der Waals surface area (Å²) in [5.41, 5.74) is 7.82. The Hall–Kier alpha value is -5.13. The van der Waals surface area contributed by atoms with Crippen molar-refractivity contribution in [3.8, 4) is 22.6 Å². The molecule has 3 aromatic heterocycles. The zero-order valence-corrected chi connectivity index (χ0v) is 21.8. The Kier molecular flexibility index (Phi) is 5.12. The number of nitrogens with one attached hydrogen (secondary N) is 1. The number of anilines is 2. The van der Waals surface area contributed by atoms with Crippen LogP contribution in [0.4, 0.5) is 11.4 Å². The highest BCUT2D eigenvalue weighted by Gasteiger charge is 2.22. The topological polar surface area (TPSA) is 64.1 Å². The standard InChI is InChI=1S/C34H20ClN3O2/c35-26-14-5-6-15-27(26)36-21-17-18-29-25(19-21)31-33(40-29)30(37-34(38-31)20-9-2-1-3-10-20)24-13-8-12-23-22-11-4-7-16-28(22)39-32(23)24/h1-19,36H. The Morgan fingerprint density at radius 2 is 1.35 bits per heavy atom. The molecule has 8 rings (SSSR count). The smallest absolute Gasteiger partial charge is 0.180 e. The average Bonchev–Trinajstić information content (AvgIpc) is 3.57. The Balaban J connectivity index is 1.40. The summed E-state index contributed by atoms with van der Waals surface area (Å²) in [6, 6.07) is 37.8. The van der Waals surface area contributed by atoms with Gasteiger partial charge in [0.25, 0.3) is 0 Å². The molecule has 0 atom stereocenters. The number of fused-ring (bicyclic) bond motifs is 6. The first kappa shape index (κ1) is 22.8. The zero-order chi connectivity index (χ0) is 26.6. The fourth-order valence-corrected chi connectivity index (χ4v) is 5.46. The maximum absolute atomic E-state index is 6.46. The molecule has 40 heavy (non-hydrogen) atoms. The predicted octanol–water partition coefficient (Wildman–Crippen LogP) is 10.0. The van der Waals surface area contributed by atoms with Crippen molar-refractivity contribution in [3.05, 3.63) is 120 Å². The number of halogens is 1. The minimum Gasteiger partial charge on any atom is -0.455 e. The molecule has 0 aliphatic carbocycles. The van der Waals surface area contributed by atoms with E-state index in [9.17, 15) is 0 Å². The summed E-state index contributed by atoms with van der Waals surface area (Å²) >= 11 is 6.41. The van der Waals surface area contributed by atoms with E-state index in [1.54, 1.807) is 0 Å². The van der Waals surface area contributed by atoms with Crippen LogP contribution in [0.3, 0.4) is 0 Å². The lowest BCUT2D eigenvalue weighted by Crippen LogP contribution is -1.94. The van der Waals surface area contributed by atoms with Crippen LogP contribution in [-0.4, -0.2) is 9.97 Å². The summed E-state index contributed by atoms with van der Waals surface area (Å²) in [5, 5.41) is 7.04. The van der Waals surface area contributed by atoms with Gasteiger partial charge in [-0.3, -0.25) is 0 Å². The molecule has 3 heterocycles. The summed E-state index contributed by atoms with van der Waals surface area (Å²) in [4.78, 5) is 10.1. The Morgan fingerprint density at radius 1 is 0.600 bits per heavy atom. The number of hydrogen-bond donors (Lipinski definition) is 1. The lowest BCUT2D eigenvalue weighted by molar-refractivity contribution is 0.663. The van der Waals surface area contributed by atoms with E-state index in [1.807, 2.05) is 103 Å². The van der Waals surface area contributed by atoms with Crippen LogP contribution >= 0.6 is 11.6 Å². The Bertz CT molecular complexity index is 2220. The van der Waals surface area contributed by atoms with Gasteiger partial charge in [0, 0.05) is 33.0 Å². The van der Waals surface area contributed by atoms with E-state index in [1.165, 1.54) is 0 Å². The highest BCUT2D eigenvalue weighted by molar-refractivity contribution is 6.33. The third kappa shape index (κ3) is 3.63. The highest BCUT2D eigenvalue weighted by Crippen LogP contribution is 2.41. The maximum Gasteiger partial charge on any atom is 0.180 e. The van der Waals surface area contributed by atoms with E-state index < -0.39 is 0 Å². The number of nitrogens with zero attached hydrogens (tertiary/aromatic N) is 2. The number of benzene rings is 5. The van der Waals surface area contributed by atoms with E-state index in [4.69, 9.17) is 30.4 Å². The summed E-state index contributed by atoms with van der Waals surface area (Å²) < 4.78 is 12.8. The molecule has 190 valence electrons. The van der Waals surface area contributed by atoms with E-state index in [-0.39, 0.29) is 0 Å². The summed E-state index contributed by atoms with van der Waals surface area (Å²) in [5.74, 6) is 0.614. The van der Waals surface area contributed by atoms with Crippen LogP contribution < -0.4 is 5.32 Å². The molecule has 0 spiro atoms. The van der Waals surface area contributed by atoms with Gasteiger partial charge in [-0.05, 0) is 42.5 Å². The molecule has 0 bridgehead atoms. The first-order valence-electron chi connectivity index (χ1n) is 12.9. The largest absolute Gasteiger partial charge is 0.455 e. The first-order valence-corrected chi connectivity index (χ1v) is 13.3. The van der Waals surface area contributed by atoms with Gasteiger partial charge in [-0.1, -0.05) is 84.4 Å². The molecule has 5 aromatic carbocycles. The molecule has 0 amide bonds. The van der Waals surface area contributed by atoms with Crippen molar-refractivity contribution in [2.75, 3.05) is 5.32 Å². The molecule has 0 aliphatic rings.